The molecule has 0 amide bonds. The average Bonchev–Trinajstić information content (AvgIpc) is 2.38. The van der Waals surface area contributed by atoms with Gasteiger partial charge in [0.1, 0.15) is 17.2 Å². The Labute approximate surface area is 110 Å². The van der Waals surface area contributed by atoms with Crippen molar-refractivity contribution in [3.05, 3.63) is 47.0 Å². The van der Waals surface area contributed by atoms with Gasteiger partial charge in [-0.3, -0.25) is 0 Å². The lowest BCUT2D eigenvalue weighted by atomic mass is 10.2. The van der Waals surface area contributed by atoms with Crippen molar-refractivity contribution in [2.45, 2.75) is 6.92 Å². The molecule has 2 N–H and O–H groups in total. The molecule has 0 fully saturated rings. The number of ether oxygens (including phenoxy) is 1. The van der Waals surface area contributed by atoms with E-state index in [4.69, 9.17) is 0 Å². The molecule has 0 aliphatic heterocycles. The highest BCUT2D eigenvalue weighted by molar-refractivity contribution is 5.44. The van der Waals surface area contributed by atoms with Crippen molar-refractivity contribution in [1.82, 2.24) is 0 Å². The molecule has 0 heterocycles. The van der Waals surface area contributed by atoms with Crippen LogP contribution in [0.3, 0.4) is 0 Å². The highest BCUT2D eigenvalue weighted by Crippen LogP contribution is 2.35. The number of rotatable bonds is 2. The summed E-state index contributed by atoms with van der Waals surface area (Å²) in [4.78, 5) is 0. The molecule has 0 bridgehead atoms. The minimum atomic E-state index is -1.70. The molecule has 3 nitrogen and oxygen atoms in total. The number of halogens is 4. The second-order valence-electron chi connectivity index (χ2n) is 4.00. The Kier molecular flexibility index (Phi) is 3.44. The number of phenols is 2. The van der Waals surface area contributed by atoms with Crippen LogP contribution in [0.25, 0.3) is 0 Å². The van der Waals surface area contributed by atoms with E-state index >= 15 is 0 Å². The maximum absolute atomic E-state index is 13.6. The Hall–Kier alpha value is -2.44. The van der Waals surface area contributed by atoms with Gasteiger partial charge in [-0.15, -0.1) is 0 Å². The zero-order chi connectivity index (χ0) is 15.0. The van der Waals surface area contributed by atoms with Crippen LogP contribution in [0.2, 0.25) is 0 Å². The SMILES string of the molecule is Cc1c(F)c(F)c(Oc2cc(O)cc(O)c2)c(F)c1F. The highest BCUT2D eigenvalue weighted by Gasteiger charge is 2.25. The maximum Gasteiger partial charge on any atom is 0.204 e. The second-order valence-corrected chi connectivity index (χ2v) is 4.00. The molecule has 0 aromatic heterocycles. The fraction of sp³-hybridized carbons (Fsp3) is 0.0769. The summed E-state index contributed by atoms with van der Waals surface area (Å²) in [6.07, 6.45) is 0. The first-order valence-electron chi connectivity index (χ1n) is 5.34. The molecule has 0 saturated heterocycles. The number of hydrogen-bond donors (Lipinski definition) is 2. The van der Waals surface area contributed by atoms with Crippen molar-refractivity contribution in [2.24, 2.45) is 0 Å². The summed E-state index contributed by atoms with van der Waals surface area (Å²) in [5.74, 6) is -9.15. The molecule has 2 aromatic carbocycles. The van der Waals surface area contributed by atoms with Crippen LogP contribution in [-0.4, -0.2) is 10.2 Å². The lowest BCUT2D eigenvalue weighted by molar-refractivity contribution is 0.358. The summed E-state index contributed by atoms with van der Waals surface area (Å²) < 4.78 is 58.5. The normalized spacial score (nSPS) is 10.7. The zero-order valence-corrected chi connectivity index (χ0v) is 10.0. The lowest BCUT2D eigenvalue weighted by Crippen LogP contribution is -2.03. The Balaban J connectivity index is 2.54. The van der Waals surface area contributed by atoms with E-state index in [1.807, 2.05) is 0 Å². The van der Waals surface area contributed by atoms with E-state index in [-0.39, 0.29) is 5.75 Å². The predicted molar refractivity (Wildman–Crippen MR) is 60.9 cm³/mol. The van der Waals surface area contributed by atoms with E-state index in [0.717, 1.165) is 25.1 Å². The second kappa shape index (κ2) is 4.92. The van der Waals surface area contributed by atoms with Gasteiger partial charge in [-0.05, 0) is 6.92 Å². The van der Waals surface area contributed by atoms with Crippen LogP contribution in [0.5, 0.6) is 23.0 Å². The summed E-state index contributed by atoms with van der Waals surface area (Å²) in [6, 6.07) is 2.76. The highest BCUT2D eigenvalue weighted by atomic mass is 19.2. The van der Waals surface area contributed by atoms with Crippen molar-refractivity contribution in [3.63, 3.8) is 0 Å². The Morgan fingerprint density at radius 2 is 1.25 bits per heavy atom. The Bertz CT molecular complexity index is 637. The molecular formula is C13H8F4O3. The molecule has 0 radical (unpaired) electrons. The topological polar surface area (TPSA) is 49.7 Å². The van der Waals surface area contributed by atoms with Gasteiger partial charge in [0.15, 0.2) is 11.6 Å². The van der Waals surface area contributed by atoms with Crippen molar-refractivity contribution in [3.8, 4) is 23.0 Å². The molecule has 0 saturated carbocycles. The van der Waals surface area contributed by atoms with E-state index in [9.17, 15) is 27.8 Å². The van der Waals surface area contributed by atoms with Crippen LogP contribution >= 0.6 is 0 Å². The molecule has 2 aromatic rings. The first kappa shape index (κ1) is 14.0. The Morgan fingerprint density at radius 1 is 0.800 bits per heavy atom. The van der Waals surface area contributed by atoms with Crippen LogP contribution in [0, 0.1) is 30.2 Å². The number of benzene rings is 2. The number of aromatic hydroxyl groups is 2. The standard InChI is InChI=1S/C13H8F4O3/c1-5-9(14)11(16)13(12(17)10(5)15)20-8-3-6(18)2-7(19)4-8/h2-4,18-19H,1H3. The van der Waals surface area contributed by atoms with E-state index < -0.39 is 46.1 Å². The van der Waals surface area contributed by atoms with Crippen molar-refractivity contribution in [2.75, 3.05) is 0 Å². The molecule has 0 spiro atoms. The molecule has 0 atom stereocenters. The third-order valence-corrected chi connectivity index (χ3v) is 2.54. The first-order chi connectivity index (χ1) is 9.31. The smallest absolute Gasteiger partial charge is 0.204 e. The van der Waals surface area contributed by atoms with E-state index in [1.165, 1.54) is 0 Å². The third kappa shape index (κ3) is 2.34. The van der Waals surface area contributed by atoms with Gasteiger partial charge in [0.25, 0.3) is 0 Å². The van der Waals surface area contributed by atoms with Gasteiger partial charge in [-0.25, -0.2) is 8.78 Å². The van der Waals surface area contributed by atoms with Crippen LogP contribution in [0.1, 0.15) is 5.56 Å². The van der Waals surface area contributed by atoms with E-state index in [2.05, 4.69) is 4.74 Å². The summed E-state index contributed by atoms with van der Waals surface area (Å²) in [7, 11) is 0. The van der Waals surface area contributed by atoms with Crippen molar-refractivity contribution < 1.29 is 32.5 Å². The lowest BCUT2D eigenvalue weighted by Gasteiger charge is -2.11. The average molecular weight is 288 g/mol. The molecule has 20 heavy (non-hydrogen) atoms. The molecule has 2 rings (SSSR count). The molecular weight excluding hydrogens is 280 g/mol. The van der Waals surface area contributed by atoms with E-state index in [1.54, 1.807) is 0 Å². The quantitative estimate of drug-likeness (QED) is 0.653. The molecule has 0 unspecified atom stereocenters. The van der Waals surface area contributed by atoms with Gasteiger partial charge in [0, 0.05) is 23.8 Å². The summed E-state index contributed by atoms with van der Waals surface area (Å²) in [6.45, 7) is 0.876. The van der Waals surface area contributed by atoms with Crippen LogP contribution in [0.4, 0.5) is 17.6 Å². The third-order valence-electron chi connectivity index (χ3n) is 2.54. The van der Waals surface area contributed by atoms with Crippen LogP contribution < -0.4 is 4.74 Å². The molecule has 0 aliphatic rings. The molecule has 0 aliphatic carbocycles. The van der Waals surface area contributed by atoms with Gasteiger partial charge >= 0.3 is 0 Å². The predicted octanol–water partition coefficient (Wildman–Crippen LogP) is 3.75. The Morgan fingerprint density at radius 3 is 1.70 bits per heavy atom. The fourth-order valence-corrected chi connectivity index (χ4v) is 1.56. The maximum atomic E-state index is 13.6. The number of phenolic OH excluding ortho intramolecular Hbond substituents is 2. The number of hydrogen-bond acceptors (Lipinski definition) is 3. The van der Waals surface area contributed by atoms with Gasteiger partial charge < -0.3 is 14.9 Å². The summed E-state index contributed by atoms with van der Waals surface area (Å²) >= 11 is 0. The van der Waals surface area contributed by atoms with Gasteiger partial charge in [-0.1, -0.05) is 0 Å². The summed E-state index contributed by atoms with van der Waals surface area (Å²) in [5, 5.41) is 18.4. The van der Waals surface area contributed by atoms with Crippen molar-refractivity contribution in [1.29, 1.82) is 0 Å². The van der Waals surface area contributed by atoms with Crippen LogP contribution in [0.15, 0.2) is 18.2 Å². The summed E-state index contributed by atoms with van der Waals surface area (Å²) in [5.41, 5.74) is -0.814. The minimum Gasteiger partial charge on any atom is -0.508 e. The van der Waals surface area contributed by atoms with Crippen molar-refractivity contribution >= 4 is 0 Å². The largest absolute Gasteiger partial charge is 0.508 e. The monoisotopic (exact) mass is 288 g/mol. The van der Waals surface area contributed by atoms with Crippen LogP contribution in [-0.2, 0) is 0 Å². The minimum absolute atomic E-state index is 0.386. The zero-order valence-electron chi connectivity index (χ0n) is 10.0. The molecule has 106 valence electrons. The molecule has 7 heteroatoms. The van der Waals surface area contributed by atoms with E-state index in [0.29, 0.717) is 0 Å². The van der Waals surface area contributed by atoms with Gasteiger partial charge in [0.05, 0.1) is 0 Å². The first-order valence-corrected chi connectivity index (χ1v) is 5.34. The van der Waals surface area contributed by atoms with Gasteiger partial charge in [0.2, 0.25) is 17.4 Å². The van der Waals surface area contributed by atoms with Gasteiger partial charge in [-0.2, -0.15) is 8.78 Å². The fourth-order valence-electron chi connectivity index (χ4n) is 1.56.